The molecule has 6 nitrogen and oxygen atoms in total. The van der Waals surface area contributed by atoms with E-state index < -0.39 is 16.0 Å². The molecule has 25 heavy (non-hydrogen) atoms. The van der Waals surface area contributed by atoms with Crippen LogP contribution in [0.2, 0.25) is 0 Å². The Morgan fingerprint density at radius 3 is 2.72 bits per heavy atom. The monoisotopic (exact) mass is 385 g/mol. The molecule has 1 N–H and O–H groups in total. The van der Waals surface area contributed by atoms with Crippen LogP contribution in [0.15, 0.2) is 39.9 Å². The van der Waals surface area contributed by atoms with Gasteiger partial charge in [0.25, 0.3) is 10.0 Å². The number of ether oxygens (including phenoxy) is 1. The number of carboxylic acids is 1. The fourth-order valence-electron chi connectivity index (χ4n) is 2.69. The molecule has 1 saturated heterocycles. The van der Waals surface area contributed by atoms with E-state index in [4.69, 9.17) is 9.84 Å². The number of carboxylic acid groups (broad SMARTS) is 1. The van der Waals surface area contributed by atoms with E-state index in [9.17, 15) is 17.6 Å². The maximum Gasteiger partial charge on any atom is 0.336 e. The van der Waals surface area contributed by atoms with E-state index in [2.05, 4.69) is 0 Å². The minimum Gasteiger partial charge on any atom is -0.492 e. The number of nitrogens with zero attached hydrogens (tertiary/aromatic N) is 1. The van der Waals surface area contributed by atoms with E-state index in [1.807, 2.05) is 0 Å². The number of rotatable bonds is 6. The van der Waals surface area contributed by atoms with E-state index in [1.165, 1.54) is 40.0 Å². The number of aromatic carboxylic acids is 1. The van der Waals surface area contributed by atoms with Gasteiger partial charge in [0.05, 0.1) is 11.6 Å². The molecule has 2 heterocycles. The number of carbonyl (C=O) groups is 1. The van der Waals surface area contributed by atoms with E-state index in [0.717, 1.165) is 11.3 Å². The van der Waals surface area contributed by atoms with Crippen molar-refractivity contribution < 1.29 is 27.4 Å². The number of hydrogen-bond donors (Lipinski definition) is 1. The minimum absolute atomic E-state index is 0.0126. The molecular weight excluding hydrogens is 369 g/mol. The zero-order chi connectivity index (χ0) is 18.0. The van der Waals surface area contributed by atoms with Gasteiger partial charge >= 0.3 is 5.97 Å². The molecule has 1 aliphatic heterocycles. The van der Waals surface area contributed by atoms with Gasteiger partial charge in [-0.25, -0.2) is 17.6 Å². The Morgan fingerprint density at radius 1 is 1.36 bits per heavy atom. The van der Waals surface area contributed by atoms with Crippen LogP contribution in [0.4, 0.5) is 4.39 Å². The van der Waals surface area contributed by atoms with Gasteiger partial charge in [0.1, 0.15) is 22.4 Å². The van der Waals surface area contributed by atoms with Crippen molar-refractivity contribution in [2.45, 2.75) is 23.1 Å². The van der Waals surface area contributed by atoms with Crippen molar-refractivity contribution in [3.63, 3.8) is 0 Å². The smallest absolute Gasteiger partial charge is 0.336 e. The quantitative estimate of drug-likeness (QED) is 0.827. The Morgan fingerprint density at radius 2 is 2.08 bits per heavy atom. The molecule has 0 amide bonds. The van der Waals surface area contributed by atoms with Crippen LogP contribution < -0.4 is 4.74 Å². The summed E-state index contributed by atoms with van der Waals surface area (Å²) < 4.78 is 45.4. The fourth-order valence-corrected chi connectivity index (χ4v) is 5.66. The highest BCUT2D eigenvalue weighted by Gasteiger charge is 2.36. The predicted molar refractivity (Wildman–Crippen MR) is 90.1 cm³/mol. The molecule has 3 rings (SSSR count). The lowest BCUT2D eigenvalue weighted by molar-refractivity contribution is 0.0697. The number of halogens is 1. The van der Waals surface area contributed by atoms with Crippen LogP contribution in [0.3, 0.4) is 0 Å². The molecule has 1 aromatic carbocycles. The molecule has 1 atom stereocenters. The summed E-state index contributed by atoms with van der Waals surface area (Å²) in [5, 5.41) is 10.3. The highest BCUT2D eigenvalue weighted by Crippen LogP contribution is 2.30. The van der Waals surface area contributed by atoms with E-state index in [1.54, 1.807) is 0 Å². The van der Waals surface area contributed by atoms with Crippen LogP contribution in [0.5, 0.6) is 5.75 Å². The number of sulfonamides is 1. The maximum absolute atomic E-state index is 12.9. The highest BCUT2D eigenvalue weighted by atomic mass is 32.2. The Labute approximate surface area is 148 Å². The second-order valence-electron chi connectivity index (χ2n) is 5.64. The van der Waals surface area contributed by atoms with E-state index in [-0.39, 0.29) is 28.2 Å². The molecule has 134 valence electrons. The predicted octanol–water partition coefficient (Wildman–Crippen LogP) is 2.82. The second kappa shape index (κ2) is 7.11. The highest BCUT2D eigenvalue weighted by molar-refractivity contribution is 7.91. The normalized spacial score (nSPS) is 18.4. The first-order chi connectivity index (χ1) is 11.9. The summed E-state index contributed by atoms with van der Waals surface area (Å²) in [7, 11) is -3.76. The molecule has 2 aromatic rings. The van der Waals surface area contributed by atoms with Crippen molar-refractivity contribution in [1.29, 1.82) is 0 Å². The van der Waals surface area contributed by atoms with Crippen LogP contribution in [0, 0.1) is 5.82 Å². The summed E-state index contributed by atoms with van der Waals surface area (Å²) in [6.07, 6.45) is 1.35. The van der Waals surface area contributed by atoms with E-state index in [0.29, 0.717) is 25.1 Å². The first-order valence-corrected chi connectivity index (χ1v) is 9.92. The Balaban J connectivity index is 1.73. The molecule has 1 unspecified atom stereocenters. The third kappa shape index (κ3) is 3.83. The van der Waals surface area contributed by atoms with Crippen LogP contribution in [0.1, 0.15) is 23.2 Å². The van der Waals surface area contributed by atoms with Gasteiger partial charge in [0.15, 0.2) is 0 Å². The molecular formula is C16H16FNO5S2. The Bertz CT molecular complexity index is 863. The zero-order valence-electron chi connectivity index (χ0n) is 13.1. The summed E-state index contributed by atoms with van der Waals surface area (Å²) in [6, 6.07) is 6.36. The standard InChI is InChI=1S/C16H16FNO5S2/c17-12-3-5-14(6-4-12)23-9-13-2-1-7-18(13)25(21,22)15-8-11(10-24-15)16(19)20/h3-6,8,10,13H,1-2,7,9H2,(H,19,20). The Kier molecular flexibility index (Phi) is 5.07. The van der Waals surface area contributed by atoms with Crippen molar-refractivity contribution in [2.24, 2.45) is 0 Å². The van der Waals surface area contributed by atoms with Crippen LogP contribution >= 0.6 is 11.3 Å². The van der Waals surface area contributed by atoms with Gasteiger partial charge in [0.2, 0.25) is 0 Å². The first kappa shape index (κ1) is 17.8. The Hall–Kier alpha value is -1.97. The first-order valence-electron chi connectivity index (χ1n) is 7.60. The fraction of sp³-hybridized carbons (Fsp3) is 0.312. The molecule has 9 heteroatoms. The minimum atomic E-state index is -3.76. The molecule has 1 fully saturated rings. The van der Waals surface area contributed by atoms with Gasteiger partial charge < -0.3 is 9.84 Å². The van der Waals surface area contributed by atoms with Crippen molar-refractivity contribution >= 4 is 27.3 Å². The topological polar surface area (TPSA) is 83.9 Å². The average molecular weight is 385 g/mol. The summed E-state index contributed by atoms with van der Waals surface area (Å²) in [5.41, 5.74) is -0.0399. The summed E-state index contributed by atoms with van der Waals surface area (Å²) in [4.78, 5) is 11.0. The van der Waals surface area contributed by atoms with Crippen molar-refractivity contribution in [3.8, 4) is 5.75 Å². The summed E-state index contributed by atoms with van der Waals surface area (Å²) in [5.74, 6) is -1.06. The molecule has 0 aliphatic carbocycles. The molecule has 1 aromatic heterocycles. The van der Waals surface area contributed by atoms with Crippen LogP contribution in [-0.2, 0) is 10.0 Å². The van der Waals surface area contributed by atoms with Crippen molar-refractivity contribution in [2.75, 3.05) is 13.2 Å². The van der Waals surface area contributed by atoms with Crippen molar-refractivity contribution in [1.82, 2.24) is 4.31 Å². The average Bonchev–Trinajstić information content (AvgIpc) is 3.24. The largest absolute Gasteiger partial charge is 0.492 e. The van der Waals surface area contributed by atoms with E-state index >= 15 is 0 Å². The van der Waals surface area contributed by atoms with Gasteiger partial charge in [-0.1, -0.05) is 0 Å². The van der Waals surface area contributed by atoms with Gasteiger partial charge in [0, 0.05) is 11.9 Å². The molecule has 0 bridgehead atoms. The lowest BCUT2D eigenvalue weighted by atomic mass is 10.2. The maximum atomic E-state index is 12.9. The van der Waals surface area contributed by atoms with Gasteiger partial charge in [-0.2, -0.15) is 4.31 Å². The van der Waals surface area contributed by atoms with Crippen molar-refractivity contribution in [3.05, 3.63) is 47.1 Å². The number of benzene rings is 1. The third-order valence-electron chi connectivity index (χ3n) is 3.96. The third-order valence-corrected chi connectivity index (χ3v) is 7.33. The van der Waals surface area contributed by atoms with Gasteiger partial charge in [-0.3, -0.25) is 0 Å². The lowest BCUT2D eigenvalue weighted by Gasteiger charge is -2.23. The summed E-state index contributed by atoms with van der Waals surface area (Å²) in [6.45, 7) is 0.516. The number of hydrogen-bond acceptors (Lipinski definition) is 5. The summed E-state index contributed by atoms with van der Waals surface area (Å²) >= 11 is 0.897. The molecule has 0 radical (unpaired) electrons. The van der Waals surface area contributed by atoms with Gasteiger partial charge in [-0.15, -0.1) is 11.3 Å². The number of thiophene rings is 1. The second-order valence-corrected chi connectivity index (χ2v) is 8.66. The molecule has 0 spiro atoms. The molecule has 0 saturated carbocycles. The van der Waals surface area contributed by atoms with Crippen LogP contribution in [0.25, 0.3) is 0 Å². The van der Waals surface area contributed by atoms with Crippen LogP contribution in [-0.4, -0.2) is 43.0 Å². The zero-order valence-corrected chi connectivity index (χ0v) is 14.7. The lowest BCUT2D eigenvalue weighted by Crippen LogP contribution is -2.38. The molecule has 1 aliphatic rings. The SMILES string of the molecule is O=C(O)c1csc(S(=O)(=O)N2CCCC2COc2ccc(F)cc2)c1. The van der Waals surface area contributed by atoms with Gasteiger partial charge in [-0.05, 0) is 43.2 Å².